The van der Waals surface area contributed by atoms with Crippen LogP contribution < -0.4 is 10.2 Å². The molecule has 2 aliphatic rings. The molecule has 2 N–H and O–H groups in total. The van der Waals surface area contributed by atoms with Gasteiger partial charge in [0.25, 0.3) is 0 Å². The molecule has 4 rings (SSSR count). The van der Waals surface area contributed by atoms with Gasteiger partial charge in [0.15, 0.2) is 17.0 Å². The highest BCUT2D eigenvalue weighted by Gasteiger charge is 2.22. The van der Waals surface area contributed by atoms with Crippen molar-refractivity contribution in [2.45, 2.75) is 64.6 Å². The van der Waals surface area contributed by atoms with Crippen molar-refractivity contribution in [3.05, 3.63) is 12.7 Å². The van der Waals surface area contributed by atoms with Crippen LogP contribution in [-0.2, 0) is 6.54 Å². The Morgan fingerprint density at radius 2 is 2.00 bits per heavy atom. The van der Waals surface area contributed by atoms with Gasteiger partial charge < -0.3 is 19.9 Å². The molecular formula is C18H30N6O. The third kappa shape index (κ3) is 3.77. The van der Waals surface area contributed by atoms with Crippen molar-refractivity contribution < 1.29 is 5.11 Å². The fourth-order valence-corrected chi connectivity index (χ4v) is 3.90. The molecule has 7 nitrogen and oxygen atoms in total. The number of hydrogen-bond acceptors (Lipinski definition) is 6. The third-order valence-corrected chi connectivity index (χ3v) is 5.25. The van der Waals surface area contributed by atoms with Gasteiger partial charge in [0.2, 0.25) is 0 Å². The second kappa shape index (κ2) is 8.10. The van der Waals surface area contributed by atoms with E-state index in [-0.39, 0.29) is 19.6 Å². The molecule has 2 aliphatic heterocycles. The molecule has 138 valence electrons. The van der Waals surface area contributed by atoms with Crippen LogP contribution in [0.25, 0.3) is 11.2 Å². The van der Waals surface area contributed by atoms with E-state index in [0.717, 1.165) is 68.8 Å². The molecule has 0 aromatic carbocycles. The first kappa shape index (κ1) is 18.1. The molecule has 2 aromatic rings. The minimum absolute atomic E-state index is 0. The summed E-state index contributed by atoms with van der Waals surface area (Å²) in [4.78, 5) is 15.8. The fraction of sp³-hybridized carbons (Fsp3) is 0.722. The number of nitrogens with one attached hydrogen (secondary N) is 1. The van der Waals surface area contributed by atoms with Gasteiger partial charge in [-0.1, -0.05) is 7.43 Å². The highest BCUT2D eigenvalue weighted by Crippen LogP contribution is 2.25. The highest BCUT2D eigenvalue weighted by atomic mass is 16.3. The molecule has 2 atom stereocenters. The number of hydrogen-bond donors (Lipinski definition) is 2. The smallest absolute Gasteiger partial charge is 0.165 e. The second-order valence-corrected chi connectivity index (χ2v) is 6.91. The molecule has 0 radical (unpaired) electrons. The summed E-state index contributed by atoms with van der Waals surface area (Å²) in [6.45, 7) is 4.01. The lowest BCUT2D eigenvalue weighted by atomic mass is 9.97. The van der Waals surface area contributed by atoms with Crippen molar-refractivity contribution in [2.24, 2.45) is 0 Å². The number of aliphatic hydroxyl groups excluding tert-OH is 1. The van der Waals surface area contributed by atoms with Crippen LogP contribution in [0.3, 0.4) is 0 Å². The van der Waals surface area contributed by atoms with Crippen molar-refractivity contribution in [3.8, 4) is 0 Å². The van der Waals surface area contributed by atoms with Crippen LogP contribution >= 0.6 is 0 Å². The molecule has 0 bridgehead atoms. The molecule has 0 amide bonds. The highest BCUT2D eigenvalue weighted by molar-refractivity contribution is 5.83. The summed E-state index contributed by atoms with van der Waals surface area (Å²) in [7, 11) is 0. The average Bonchev–Trinajstić information content (AvgIpc) is 3.26. The number of anilines is 1. The van der Waals surface area contributed by atoms with Gasteiger partial charge in [-0.15, -0.1) is 0 Å². The van der Waals surface area contributed by atoms with Crippen molar-refractivity contribution in [1.82, 2.24) is 24.8 Å². The van der Waals surface area contributed by atoms with Crippen LogP contribution in [0.4, 0.5) is 5.82 Å². The fourth-order valence-electron chi connectivity index (χ4n) is 3.90. The van der Waals surface area contributed by atoms with E-state index in [9.17, 15) is 5.11 Å². The van der Waals surface area contributed by atoms with Gasteiger partial charge in [0.1, 0.15) is 6.33 Å². The van der Waals surface area contributed by atoms with Gasteiger partial charge in [0.05, 0.1) is 12.4 Å². The zero-order chi connectivity index (χ0) is 16.4. The first-order chi connectivity index (χ1) is 11.8. The maximum atomic E-state index is 10.0. The van der Waals surface area contributed by atoms with Gasteiger partial charge in [-0.3, -0.25) is 0 Å². The van der Waals surface area contributed by atoms with Gasteiger partial charge in [-0.2, -0.15) is 0 Å². The van der Waals surface area contributed by atoms with E-state index < -0.39 is 0 Å². The van der Waals surface area contributed by atoms with E-state index in [4.69, 9.17) is 0 Å². The van der Waals surface area contributed by atoms with Crippen LogP contribution in [0, 0.1) is 0 Å². The normalized spacial score (nSPS) is 23.8. The van der Waals surface area contributed by atoms with E-state index in [1.54, 1.807) is 6.33 Å². The number of rotatable bonds is 5. The Hall–Kier alpha value is -1.73. The lowest BCUT2D eigenvalue weighted by Crippen LogP contribution is -2.44. The van der Waals surface area contributed by atoms with E-state index in [0.29, 0.717) is 0 Å². The third-order valence-electron chi connectivity index (χ3n) is 5.25. The van der Waals surface area contributed by atoms with Crippen molar-refractivity contribution in [1.29, 1.82) is 0 Å². The maximum absolute atomic E-state index is 10.0. The van der Waals surface area contributed by atoms with Crippen molar-refractivity contribution in [2.75, 3.05) is 24.5 Å². The Kier molecular flexibility index (Phi) is 5.86. The summed E-state index contributed by atoms with van der Waals surface area (Å²) >= 11 is 0. The summed E-state index contributed by atoms with van der Waals surface area (Å²) < 4.78 is 2.12. The maximum Gasteiger partial charge on any atom is 0.165 e. The molecular weight excluding hydrogens is 316 g/mol. The Balaban J connectivity index is 0.00000182. The molecule has 2 fully saturated rings. The Bertz CT molecular complexity index is 681. The van der Waals surface area contributed by atoms with Crippen LogP contribution in [0.1, 0.15) is 46.0 Å². The van der Waals surface area contributed by atoms with Crippen LogP contribution in [0.5, 0.6) is 0 Å². The minimum atomic E-state index is -0.206. The van der Waals surface area contributed by atoms with Gasteiger partial charge in [0, 0.05) is 25.7 Å². The molecule has 2 aromatic heterocycles. The van der Waals surface area contributed by atoms with E-state index in [1.807, 2.05) is 6.33 Å². The zero-order valence-corrected chi connectivity index (χ0v) is 14.1. The predicted molar refractivity (Wildman–Crippen MR) is 99.8 cm³/mol. The standard InChI is InChI=1S/C17H26N6O.CH4/c24-14-6-3-7-18-13(14)5-4-10-23-12-21-15-16(19-11-20-17(15)23)22-8-1-2-9-22;/h11-14,18,24H,1-10H2;1H4/t13-,14+;/m1./s1. The topological polar surface area (TPSA) is 79.1 Å². The molecule has 0 spiro atoms. The van der Waals surface area contributed by atoms with Gasteiger partial charge >= 0.3 is 0 Å². The largest absolute Gasteiger partial charge is 0.392 e. The summed E-state index contributed by atoms with van der Waals surface area (Å²) in [5, 5.41) is 13.5. The molecule has 2 saturated heterocycles. The molecule has 0 unspecified atom stereocenters. The van der Waals surface area contributed by atoms with E-state index in [1.165, 1.54) is 12.8 Å². The predicted octanol–water partition coefficient (Wildman–Crippen LogP) is 1.96. The molecule has 7 heteroatoms. The zero-order valence-electron chi connectivity index (χ0n) is 14.1. The SMILES string of the molecule is C.O[C@H]1CCCN[C@@H]1CCCn1cnc2c(N3CCCC3)ncnc21. The number of imidazole rings is 1. The molecule has 0 aliphatic carbocycles. The van der Waals surface area contributed by atoms with Crippen LogP contribution in [0.15, 0.2) is 12.7 Å². The van der Waals surface area contributed by atoms with Crippen LogP contribution in [0.2, 0.25) is 0 Å². The number of aromatic nitrogens is 4. The number of piperidine rings is 1. The first-order valence-corrected chi connectivity index (χ1v) is 9.15. The number of aliphatic hydroxyl groups is 1. The van der Waals surface area contributed by atoms with Crippen molar-refractivity contribution in [3.63, 3.8) is 0 Å². The number of fused-ring (bicyclic) bond motifs is 1. The average molecular weight is 346 g/mol. The Morgan fingerprint density at radius 3 is 2.80 bits per heavy atom. The monoisotopic (exact) mass is 346 g/mol. The summed E-state index contributed by atoms with van der Waals surface area (Å²) in [6.07, 6.45) is 9.74. The molecule has 25 heavy (non-hydrogen) atoms. The van der Waals surface area contributed by atoms with Crippen molar-refractivity contribution >= 4 is 17.0 Å². The van der Waals surface area contributed by atoms with Crippen LogP contribution in [-0.4, -0.2) is 56.4 Å². The summed E-state index contributed by atoms with van der Waals surface area (Å²) in [5.74, 6) is 0.973. The quantitative estimate of drug-likeness (QED) is 0.861. The Labute approximate surface area is 149 Å². The summed E-state index contributed by atoms with van der Waals surface area (Å²) in [6, 6.07) is 0.225. The molecule has 0 saturated carbocycles. The Morgan fingerprint density at radius 1 is 1.16 bits per heavy atom. The van der Waals surface area contributed by atoms with Gasteiger partial charge in [-0.25, -0.2) is 15.0 Å². The van der Waals surface area contributed by atoms with Gasteiger partial charge in [-0.05, 0) is 45.1 Å². The van der Waals surface area contributed by atoms with E-state index in [2.05, 4.69) is 29.7 Å². The number of aryl methyl sites for hydroxylation is 1. The lowest BCUT2D eigenvalue weighted by Gasteiger charge is -2.28. The number of nitrogens with zero attached hydrogens (tertiary/aromatic N) is 5. The molecule has 4 heterocycles. The second-order valence-electron chi connectivity index (χ2n) is 6.91. The first-order valence-electron chi connectivity index (χ1n) is 9.15. The summed E-state index contributed by atoms with van der Waals surface area (Å²) in [5.41, 5.74) is 1.83. The minimum Gasteiger partial charge on any atom is -0.392 e. The van der Waals surface area contributed by atoms with E-state index >= 15 is 0 Å². The lowest BCUT2D eigenvalue weighted by molar-refractivity contribution is 0.0909.